The van der Waals surface area contributed by atoms with E-state index in [1.54, 1.807) is 0 Å². The van der Waals surface area contributed by atoms with Gasteiger partial charge < -0.3 is 5.32 Å². The molecule has 0 saturated heterocycles. The van der Waals surface area contributed by atoms with Crippen molar-refractivity contribution >= 4 is 16.7 Å². The Hall–Kier alpha value is -0.640. The second kappa shape index (κ2) is 6.21. The summed E-state index contributed by atoms with van der Waals surface area (Å²) in [7, 11) is 0. The van der Waals surface area contributed by atoms with Crippen LogP contribution in [-0.2, 0) is 5.41 Å². The van der Waals surface area contributed by atoms with E-state index in [0.717, 1.165) is 29.3 Å². The summed E-state index contributed by atoms with van der Waals surface area (Å²) >= 11 is 1.49. The standard InChI is InChI=1S/C15H27N3S/c1-11-6-5-7-12(10-11)8-9-16-14-17-13(18-19-14)15(2,3)4/h11-12H,5-10H2,1-4H3,(H,16,17,18). The largest absolute Gasteiger partial charge is 0.360 e. The normalized spacial score (nSPS) is 24.4. The maximum absolute atomic E-state index is 4.58. The van der Waals surface area contributed by atoms with Crippen molar-refractivity contribution in [2.75, 3.05) is 11.9 Å². The second-order valence-corrected chi connectivity index (χ2v) is 7.78. The van der Waals surface area contributed by atoms with Crippen LogP contribution in [-0.4, -0.2) is 15.9 Å². The molecular weight excluding hydrogens is 254 g/mol. The number of hydrogen-bond donors (Lipinski definition) is 1. The first-order valence-corrected chi connectivity index (χ1v) is 8.30. The highest BCUT2D eigenvalue weighted by Crippen LogP contribution is 2.30. The molecule has 108 valence electrons. The van der Waals surface area contributed by atoms with Gasteiger partial charge in [-0.3, -0.25) is 0 Å². The third kappa shape index (κ3) is 4.44. The first kappa shape index (κ1) is 14.8. The van der Waals surface area contributed by atoms with E-state index in [2.05, 4.69) is 42.4 Å². The van der Waals surface area contributed by atoms with E-state index in [-0.39, 0.29) is 5.41 Å². The molecule has 1 aromatic heterocycles. The first-order valence-electron chi connectivity index (χ1n) is 7.53. The number of nitrogens with zero attached hydrogens (tertiary/aromatic N) is 2. The lowest BCUT2D eigenvalue weighted by atomic mass is 9.81. The van der Waals surface area contributed by atoms with Crippen LogP contribution in [0.15, 0.2) is 0 Å². The van der Waals surface area contributed by atoms with Crippen LogP contribution >= 0.6 is 11.5 Å². The van der Waals surface area contributed by atoms with Gasteiger partial charge in [-0.25, -0.2) is 4.98 Å². The predicted molar refractivity (Wildman–Crippen MR) is 82.8 cm³/mol. The molecule has 1 heterocycles. The van der Waals surface area contributed by atoms with Crippen LogP contribution < -0.4 is 5.32 Å². The molecule has 0 aliphatic heterocycles. The lowest BCUT2D eigenvalue weighted by molar-refractivity contribution is 0.274. The van der Waals surface area contributed by atoms with Gasteiger partial charge in [-0.15, -0.1) is 0 Å². The molecule has 1 fully saturated rings. The van der Waals surface area contributed by atoms with Gasteiger partial charge in [-0.1, -0.05) is 47.0 Å². The fourth-order valence-corrected chi connectivity index (χ4v) is 3.59. The van der Waals surface area contributed by atoms with Crippen molar-refractivity contribution in [3.8, 4) is 0 Å². The summed E-state index contributed by atoms with van der Waals surface area (Å²) < 4.78 is 4.43. The third-order valence-corrected chi connectivity index (χ3v) is 4.64. The molecule has 3 nitrogen and oxygen atoms in total. The number of aromatic nitrogens is 2. The maximum atomic E-state index is 4.58. The molecule has 1 aliphatic carbocycles. The van der Waals surface area contributed by atoms with Crippen molar-refractivity contribution in [3.63, 3.8) is 0 Å². The summed E-state index contributed by atoms with van der Waals surface area (Å²) in [6, 6.07) is 0. The van der Waals surface area contributed by atoms with E-state index in [4.69, 9.17) is 0 Å². The van der Waals surface area contributed by atoms with E-state index in [9.17, 15) is 0 Å². The SMILES string of the molecule is CC1CCCC(CCNc2nc(C(C)(C)C)ns2)C1. The van der Waals surface area contributed by atoms with Gasteiger partial charge in [0.05, 0.1) is 0 Å². The molecule has 2 atom stereocenters. The van der Waals surface area contributed by atoms with Crippen LogP contribution in [0.3, 0.4) is 0 Å². The summed E-state index contributed by atoms with van der Waals surface area (Å²) in [5.41, 5.74) is 0.0508. The van der Waals surface area contributed by atoms with E-state index < -0.39 is 0 Å². The number of rotatable bonds is 4. The highest BCUT2D eigenvalue weighted by molar-refractivity contribution is 7.09. The molecular formula is C15H27N3S. The van der Waals surface area contributed by atoms with Crippen LogP contribution in [0.4, 0.5) is 5.13 Å². The molecule has 4 heteroatoms. The van der Waals surface area contributed by atoms with Gasteiger partial charge in [0.2, 0.25) is 5.13 Å². The fourth-order valence-electron chi connectivity index (χ4n) is 2.81. The minimum atomic E-state index is 0.0508. The Bertz CT molecular complexity index is 394. The Kier molecular flexibility index (Phi) is 4.82. The minimum absolute atomic E-state index is 0.0508. The fraction of sp³-hybridized carbons (Fsp3) is 0.867. The summed E-state index contributed by atoms with van der Waals surface area (Å²) in [5.74, 6) is 2.78. The molecule has 0 aromatic carbocycles. The zero-order chi connectivity index (χ0) is 13.9. The average Bonchev–Trinajstić information content (AvgIpc) is 2.77. The zero-order valence-electron chi connectivity index (χ0n) is 12.7. The van der Waals surface area contributed by atoms with Gasteiger partial charge in [0.1, 0.15) is 5.82 Å². The van der Waals surface area contributed by atoms with E-state index >= 15 is 0 Å². The van der Waals surface area contributed by atoms with Gasteiger partial charge >= 0.3 is 0 Å². The van der Waals surface area contributed by atoms with Gasteiger partial charge in [0.25, 0.3) is 0 Å². The van der Waals surface area contributed by atoms with Gasteiger partial charge in [-0.05, 0) is 24.7 Å². The Morgan fingerprint density at radius 3 is 2.74 bits per heavy atom. The van der Waals surface area contributed by atoms with Gasteiger partial charge in [0.15, 0.2) is 0 Å². The molecule has 1 N–H and O–H groups in total. The Morgan fingerprint density at radius 1 is 1.32 bits per heavy atom. The molecule has 2 rings (SSSR count). The summed E-state index contributed by atoms with van der Waals surface area (Å²) in [5, 5.41) is 4.42. The molecule has 0 bridgehead atoms. The monoisotopic (exact) mass is 281 g/mol. The minimum Gasteiger partial charge on any atom is -0.360 e. The number of hydrogen-bond acceptors (Lipinski definition) is 4. The Balaban J connectivity index is 1.75. The molecule has 1 saturated carbocycles. The van der Waals surface area contributed by atoms with Crippen LogP contribution in [0, 0.1) is 11.8 Å². The van der Waals surface area contributed by atoms with Crippen molar-refractivity contribution in [1.29, 1.82) is 0 Å². The molecule has 19 heavy (non-hydrogen) atoms. The maximum Gasteiger partial charge on any atom is 0.202 e. The van der Waals surface area contributed by atoms with Gasteiger partial charge in [0, 0.05) is 23.5 Å². The average molecular weight is 281 g/mol. The lowest BCUT2D eigenvalue weighted by Gasteiger charge is -2.26. The topological polar surface area (TPSA) is 37.8 Å². The predicted octanol–water partition coefficient (Wildman–Crippen LogP) is 4.46. The second-order valence-electron chi connectivity index (χ2n) is 7.03. The van der Waals surface area contributed by atoms with Crippen molar-refractivity contribution in [2.24, 2.45) is 11.8 Å². The van der Waals surface area contributed by atoms with Crippen LogP contribution in [0.5, 0.6) is 0 Å². The number of nitrogens with one attached hydrogen (secondary N) is 1. The summed E-state index contributed by atoms with van der Waals surface area (Å²) in [6.45, 7) is 9.89. The quantitative estimate of drug-likeness (QED) is 0.885. The molecule has 1 aliphatic rings. The van der Waals surface area contributed by atoms with E-state index in [0.29, 0.717) is 0 Å². The van der Waals surface area contributed by atoms with Crippen molar-refractivity contribution < 1.29 is 0 Å². The highest BCUT2D eigenvalue weighted by Gasteiger charge is 2.20. The molecule has 2 unspecified atom stereocenters. The molecule has 0 amide bonds. The van der Waals surface area contributed by atoms with E-state index in [1.165, 1.54) is 43.6 Å². The van der Waals surface area contributed by atoms with Crippen molar-refractivity contribution in [2.45, 2.75) is 65.2 Å². The zero-order valence-corrected chi connectivity index (χ0v) is 13.5. The van der Waals surface area contributed by atoms with Crippen LogP contribution in [0.1, 0.15) is 65.6 Å². The molecule has 1 aromatic rings. The van der Waals surface area contributed by atoms with Crippen molar-refractivity contribution in [3.05, 3.63) is 5.82 Å². The smallest absolute Gasteiger partial charge is 0.202 e. The van der Waals surface area contributed by atoms with Crippen molar-refractivity contribution in [1.82, 2.24) is 9.36 Å². The summed E-state index contributed by atoms with van der Waals surface area (Å²) in [4.78, 5) is 4.58. The molecule has 0 radical (unpaired) electrons. The van der Waals surface area contributed by atoms with Crippen LogP contribution in [0.25, 0.3) is 0 Å². The Morgan fingerprint density at radius 2 is 2.11 bits per heavy atom. The van der Waals surface area contributed by atoms with Gasteiger partial charge in [-0.2, -0.15) is 4.37 Å². The van der Waals surface area contributed by atoms with E-state index in [1.807, 2.05) is 0 Å². The lowest BCUT2D eigenvalue weighted by Crippen LogP contribution is -2.17. The summed E-state index contributed by atoms with van der Waals surface area (Å²) in [6.07, 6.45) is 6.93. The third-order valence-electron chi connectivity index (χ3n) is 3.97. The number of anilines is 1. The molecule has 0 spiro atoms. The first-order chi connectivity index (χ1) is 8.95. The highest BCUT2D eigenvalue weighted by atomic mass is 32.1. The van der Waals surface area contributed by atoms with Crippen LogP contribution in [0.2, 0.25) is 0 Å². The Labute approximate surface area is 121 Å².